The van der Waals surface area contributed by atoms with Gasteiger partial charge in [0, 0.05) is 9.50 Å². The summed E-state index contributed by atoms with van der Waals surface area (Å²) in [7, 11) is 3.26. The van der Waals surface area contributed by atoms with Gasteiger partial charge in [0.2, 0.25) is 0 Å². The van der Waals surface area contributed by atoms with Crippen LogP contribution in [0, 0.1) is 6.92 Å². The molecule has 0 aliphatic rings. The van der Waals surface area contributed by atoms with E-state index >= 15 is 0 Å². The molecule has 0 aliphatic heterocycles. The van der Waals surface area contributed by atoms with Gasteiger partial charge in [-0.15, -0.1) is 0 Å². The highest BCUT2D eigenvalue weighted by molar-refractivity contribution is 9.10. The Kier molecular flexibility index (Phi) is 5.58. The molecule has 2 nitrogen and oxygen atoms in total. The van der Waals surface area contributed by atoms with Gasteiger partial charge in [0.25, 0.3) is 0 Å². The fourth-order valence-electron chi connectivity index (χ4n) is 2.15. The van der Waals surface area contributed by atoms with E-state index in [1.807, 2.05) is 37.3 Å². The largest absolute Gasteiger partial charge is 0.493 e. The number of rotatable bonds is 4. The topological polar surface area (TPSA) is 18.5 Å². The minimum Gasteiger partial charge on any atom is -0.493 e. The fourth-order valence-corrected chi connectivity index (χ4v) is 3.76. The average molecular weight is 435 g/mol. The molecule has 21 heavy (non-hydrogen) atoms. The zero-order chi connectivity index (χ0) is 15.6. The molecule has 2 aromatic carbocycles. The van der Waals surface area contributed by atoms with Crippen LogP contribution in [0.25, 0.3) is 0 Å². The molecule has 0 fully saturated rings. The Morgan fingerprint density at radius 3 is 2.24 bits per heavy atom. The van der Waals surface area contributed by atoms with Gasteiger partial charge in [0.1, 0.15) is 0 Å². The van der Waals surface area contributed by atoms with Crippen molar-refractivity contribution < 1.29 is 9.47 Å². The van der Waals surface area contributed by atoms with Crippen molar-refractivity contribution in [2.45, 2.75) is 11.8 Å². The molecule has 0 radical (unpaired) electrons. The van der Waals surface area contributed by atoms with Crippen molar-refractivity contribution in [1.29, 1.82) is 0 Å². The summed E-state index contributed by atoms with van der Waals surface area (Å²) < 4.78 is 11.7. The van der Waals surface area contributed by atoms with E-state index in [1.54, 1.807) is 14.2 Å². The molecule has 0 saturated carbocycles. The monoisotopic (exact) mass is 432 g/mol. The Morgan fingerprint density at radius 2 is 1.62 bits per heavy atom. The Balaban J connectivity index is 2.52. The molecule has 0 amide bonds. The summed E-state index contributed by atoms with van der Waals surface area (Å²) in [4.78, 5) is -0.0256. The standard InChI is InChI=1S/C16H15Br2ClO2/c1-9-6-14(20-2)15(21-3)8-11(9)16(18)12-7-10(17)4-5-13(12)19/h4-8,16H,1-3H3. The van der Waals surface area contributed by atoms with E-state index in [-0.39, 0.29) is 4.83 Å². The maximum Gasteiger partial charge on any atom is 0.161 e. The molecule has 2 rings (SSSR count). The van der Waals surface area contributed by atoms with Crippen molar-refractivity contribution in [2.75, 3.05) is 14.2 Å². The van der Waals surface area contributed by atoms with Crippen LogP contribution in [-0.2, 0) is 0 Å². The van der Waals surface area contributed by atoms with E-state index < -0.39 is 0 Å². The van der Waals surface area contributed by atoms with Crippen LogP contribution in [0.5, 0.6) is 11.5 Å². The van der Waals surface area contributed by atoms with Crippen LogP contribution in [-0.4, -0.2) is 14.2 Å². The van der Waals surface area contributed by atoms with Crippen LogP contribution in [0.3, 0.4) is 0 Å². The molecule has 2 aromatic rings. The highest BCUT2D eigenvalue weighted by Crippen LogP contribution is 2.41. The van der Waals surface area contributed by atoms with E-state index in [4.69, 9.17) is 21.1 Å². The predicted molar refractivity (Wildman–Crippen MR) is 94.2 cm³/mol. The molecule has 112 valence electrons. The quantitative estimate of drug-likeness (QED) is 0.557. The van der Waals surface area contributed by atoms with Gasteiger partial charge >= 0.3 is 0 Å². The van der Waals surface area contributed by atoms with Crippen LogP contribution in [0.2, 0.25) is 5.02 Å². The first kappa shape index (κ1) is 16.7. The number of methoxy groups -OCH3 is 2. The van der Waals surface area contributed by atoms with Crippen molar-refractivity contribution in [3.05, 3.63) is 56.5 Å². The van der Waals surface area contributed by atoms with Crippen LogP contribution >= 0.6 is 43.5 Å². The SMILES string of the molecule is COc1cc(C)c(C(Br)c2cc(Br)ccc2Cl)cc1OC. The first-order valence-corrected chi connectivity index (χ1v) is 8.38. The first-order chi connectivity index (χ1) is 9.97. The van der Waals surface area contributed by atoms with Crippen LogP contribution < -0.4 is 9.47 Å². The molecule has 0 N–H and O–H groups in total. The third-order valence-electron chi connectivity index (χ3n) is 3.28. The number of alkyl halides is 1. The van der Waals surface area contributed by atoms with Crippen LogP contribution in [0.15, 0.2) is 34.8 Å². The minimum atomic E-state index is -0.0256. The summed E-state index contributed by atoms with van der Waals surface area (Å²) in [5.74, 6) is 1.42. The van der Waals surface area contributed by atoms with Crippen molar-refractivity contribution in [3.8, 4) is 11.5 Å². The summed E-state index contributed by atoms with van der Waals surface area (Å²) in [6.45, 7) is 2.04. The highest BCUT2D eigenvalue weighted by Gasteiger charge is 2.19. The van der Waals surface area contributed by atoms with Gasteiger partial charge in [-0.25, -0.2) is 0 Å². The Hall–Kier alpha value is -0.710. The minimum absolute atomic E-state index is 0.0256. The van der Waals surface area contributed by atoms with Gasteiger partial charge in [-0.2, -0.15) is 0 Å². The number of benzene rings is 2. The van der Waals surface area contributed by atoms with Gasteiger partial charge in [-0.1, -0.05) is 43.5 Å². The van der Waals surface area contributed by atoms with Gasteiger partial charge in [-0.3, -0.25) is 0 Å². The molecule has 0 aliphatic carbocycles. The summed E-state index contributed by atoms with van der Waals surface area (Å²) in [5, 5.41) is 0.717. The molecule has 0 bridgehead atoms. The van der Waals surface area contributed by atoms with Crippen molar-refractivity contribution in [3.63, 3.8) is 0 Å². The Labute approximate surface area is 146 Å². The van der Waals surface area contributed by atoms with E-state index in [9.17, 15) is 0 Å². The normalized spacial score (nSPS) is 12.1. The second kappa shape index (κ2) is 7.03. The van der Waals surface area contributed by atoms with Crippen LogP contribution in [0.4, 0.5) is 0 Å². The number of ether oxygens (including phenoxy) is 2. The van der Waals surface area contributed by atoms with Gasteiger partial charge < -0.3 is 9.47 Å². The van der Waals surface area contributed by atoms with E-state index in [0.29, 0.717) is 10.8 Å². The highest BCUT2D eigenvalue weighted by atomic mass is 79.9. The second-order valence-corrected chi connectivity index (χ2v) is 6.83. The number of hydrogen-bond acceptors (Lipinski definition) is 2. The summed E-state index contributed by atoms with van der Waals surface area (Å²) in [6, 6.07) is 9.76. The molecule has 1 unspecified atom stereocenters. The molecule has 0 heterocycles. The fraction of sp³-hybridized carbons (Fsp3) is 0.250. The van der Waals surface area contributed by atoms with Crippen LogP contribution in [0.1, 0.15) is 21.5 Å². The van der Waals surface area contributed by atoms with Gasteiger partial charge in [-0.05, 0) is 53.9 Å². The summed E-state index contributed by atoms with van der Waals surface area (Å²) in [6.07, 6.45) is 0. The van der Waals surface area contributed by atoms with Crippen molar-refractivity contribution in [2.24, 2.45) is 0 Å². The number of hydrogen-bond donors (Lipinski definition) is 0. The third kappa shape index (κ3) is 3.55. The van der Waals surface area contributed by atoms with Gasteiger partial charge in [0.15, 0.2) is 11.5 Å². The van der Waals surface area contributed by atoms with E-state index in [1.165, 1.54) is 0 Å². The maximum atomic E-state index is 6.32. The molecule has 0 spiro atoms. The lowest BCUT2D eigenvalue weighted by atomic mass is 9.99. The molecular weight excluding hydrogens is 419 g/mol. The predicted octanol–water partition coefficient (Wildman–Crippen LogP) is 5.91. The molecular formula is C16H15Br2ClO2. The molecule has 1 atom stereocenters. The molecule has 0 saturated heterocycles. The number of halogens is 3. The van der Waals surface area contributed by atoms with Gasteiger partial charge in [0.05, 0.1) is 19.0 Å². The lowest BCUT2D eigenvalue weighted by Crippen LogP contribution is -2.00. The summed E-state index contributed by atoms with van der Waals surface area (Å²) >= 11 is 13.5. The lowest BCUT2D eigenvalue weighted by molar-refractivity contribution is 0.354. The summed E-state index contributed by atoms with van der Waals surface area (Å²) in [5.41, 5.74) is 3.19. The van der Waals surface area contributed by atoms with E-state index in [0.717, 1.165) is 26.9 Å². The van der Waals surface area contributed by atoms with Crippen molar-refractivity contribution >= 4 is 43.5 Å². The Bertz CT molecular complexity index is 659. The second-order valence-electron chi connectivity index (χ2n) is 4.59. The van der Waals surface area contributed by atoms with E-state index in [2.05, 4.69) is 31.9 Å². The third-order valence-corrected chi connectivity index (χ3v) is 5.10. The lowest BCUT2D eigenvalue weighted by Gasteiger charge is -2.18. The zero-order valence-corrected chi connectivity index (χ0v) is 15.8. The smallest absolute Gasteiger partial charge is 0.161 e. The Morgan fingerprint density at radius 1 is 1.00 bits per heavy atom. The molecule has 5 heteroatoms. The molecule has 0 aromatic heterocycles. The first-order valence-electron chi connectivity index (χ1n) is 6.29. The zero-order valence-electron chi connectivity index (χ0n) is 11.9. The number of aryl methyl sites for hydroxylation is 1. The maximum absolute atomic E-state index is 6.32. The average Bonchev–Trinajstić information content (AvgIpc) is 2.48. The van der Waals surface area contributed by atoms with Crippen molar-refractivity contribution in [1.82, 2.24) is 0 Å².